The highest BCUT2D eigenvalue weighted by Gasteiger charge is 2.24. The van der Waals surface area contributed by atoms with Crippen LogP contribution in [0.5, 0.6) is 0 Å². The molecule has 0 aromatic rings. The van der Waals surface area contributed by atoms with Crippen LogP contribution in [-0.4, -0.2) is 46.9 Å². The number of rotatable bonds is 41. The number of hydrogen-bond donors (Lipinski definition) is 3. The molecule has 0 aromatic carbocycles. The zero-order valence-corrected chi connectivity index (χ0v) is 37.6. The topological polar surface area (TPSA) is 95.9 Å². The van der Waals surface area contributed by atoms with Crippen molar-refractivity contribution in [2.45, 2.75) is 225 Å². The minimum Gasteiger partial charge on any atom is -0.462 e. The van der Waals surface area contributed by atoms with Gasteiger partial charge in [0.05, 0.1) is 25.2 Å². The van der Waals surface area contributed by atoms with Gasteiger partial charge < -0.3 is 20.3 Å². The molecule has 0 saturated heterocycles. The Kier molecular flexibility index (Phi) is 42.8. The first-order valence-electron chi connectivity index (χ1n) is 23.9. The van der Waals surface area contributed by atoms with Crippen LogP contribution in [0.25, 0.3) is 0 Å². The van der Waals surface area contributed by atoms with Crippen molar-refractivity contribution in [3.05, 3.63) is 85.1 Å². The van der Waals surface area contributed by atoms with Crippen LogP contribution in [0.2, 0.25) is 0 Å². The maximum absolute atomic E-state index is 13.1. The molecule has 0 radical (unpaired) electrons. The van der Waals surface area contributed by atoms with E-state index in [1.54, 1.807) is 0 Å². The lowest BCUT2D eigenvalue weighted by molar-refractivity contribution is -0.151. The molecule has 0 heterocycles. The van der Waals surface area contributed by atoms with Crippen LogP contribution in [0.1, 0.15) is 207 Å². The first kappa shape index (κ1) is 55.0. The summed E-state index contributed by atoms with van der Waals surface area (Å²) in [5.41, 5.74) is 0. The van der Waals surface area contributed by atoms with E-state index in [-0.39, 0.29) is 24.9 Å². The summed E-state index contributed by atoms with van der Waals surface area (Å²) in [5.74, 6) is -0.544. The maximum Gasteiger partial charge on any atom is 0.306 e. The largest absolute Gasteiger partial charge is 0.462 e. The number of carbonyl (C=O) groups is 2. The number of aliphatic hydroxyl groups excluding tert-OH is 2. The Balaban J connectivity index is 4.65. The molecule has 0 aliphatic heterocycles. The average Bonchev–Trinajstić information content (AvgIpc) is 3.22. The second-order valence-corrected chi connectivity index (χ2v) is 15.9. The second kappa shape index (κ2) is 45.1. The molecule has 6 nitrogen and oxygen atoms in total. The summed E-state index contributed by atoms with van der Waals surface area (Å²) in [7, 11) is 0. The highest BCUT2D eigenvalue weighted by molar-refractivity contribution is 5.77. The number of hydrogen-bond acceptors (Lipinski definition) is 5. The predicted molar refractivity (Wildman–Crippen MR) is 250 cm³/mol. The molecule has 3 unspecified atom stereocenters. The van der Waals surface area contributed by atoms with Crippen molar-refractivity contribution in [3.63, 3.8) is 0 Å². The van der Waals surface area contributed by atoms with Gasteiger partial charge in [0.15, 0.2) is 0 Å². The summed E-state index contributed by atoms with van der Waals surface area (Å²) in [6.45, 7) is 6.26. The van der Waals surface area contributed by atoms with E-state index >= 15 is 0 Å². The Morgan fingerprint density at radius 3 is 1.47 bits per heavy atom. The van der Waals surface area contributed by atoms with E-state index in [1.807, 2.05) is 12.2 Å². The van der Waals surface area contributed by atoms with Crippen LogP contribution in [0.15, 0.2) is 85.1 Å². The van der Waals surface area contributed by atoms with Crippen molar-refractivity contribution >= 4 is 11.9 Å². The lowest BCUT2D eigenvalue weighted by Gasteiger charge is -2.24. The van der Waals surface area contributed by atoms with Crippen molar-refractivity contribution < 1.29 is 24.5 Å². The Bertz CT molecular complexity index is 1130. The fourth-order valence-electron chi connectivity index (χ4n) is 6.73. The number of amides is 1. The predicted octanol–water partition coefficient (Wildman–Crippen LogP) is 14.0. The Labute approximate surface area is 357 Å². The number of carbonyl (C=O) groups excluding carboxylic acids is 2. The molecule has 58 heavy (non-hydrogen) atoms. The average molecular weight is 808 g/mol. The van der Waals surface area contributed by atoms with Crippen molar-refractivity contribution in [3.8, 4) is 0 Å². The van der Waals surface area contributed by atoms with Gasteiger partial charge in [0.1, 0.15) is 6.10 Å². The van der Waals surface area contributed by atoms with Gasteiger partial charge in [-0.2, -0.15) is 0 Å². The van der Waals surface area contributed by atoms with E-state index in [0.29, 0.717) is 19.3 Å². The summed E-state index contributed by atoms with van der Waals surface area (Å²) in [4.78, 5) is 26.0. The number of aliphatic hydroxyl groups is 2. The molecule has 1 amide bonds. The van der Waals surface area contributed by atoms with Gasteiger partial charge in [-0.3, -0.25) is 9.59 Å². The van der Waals surface area contributed by atoms with Gasteiger partial charge in [0, 0.05) is 6.42 Å². The smallest absolute Gasteiger partial charge is 0.306 e. The Morgan fingerprint density at radius 1 is 0.517 bits per heavy atom. The van der Waals surface area contributed by atoms with Crippen molar-refractivity contribution in [1.29, 1.82) is 0 Å². The SMILES string of the molecule is CC/C=C/C=C/C=C\CCCCCC(CC(=O)NC(CO)C(O)CCCCCCCCCCCC)OC(=O)CCCCCCC/C=C/C=C/C=C/C=C/CCCCC. The van der Waals surface area contributed by atoms with Crippen molar-refractivity contribution in [1.82, 2.24) is 5.32 Å². The zero-order chi connectivity index (χ0) is 42.4. The molecular formula is C52H89NO5. The fourth-order valence-corrected chi connectivity index (χ4v) is 6.73. The van der Waals surface area contributed by atoms with Gasteiger partial charge in [-0.1, -0.05) is 209 Å². The van der Waals surface area contributed by atoms with E-state index in [1.165, 1.54) is 64.2 Å². The normalized spacial score (nSPS) is 14.1. The van der Waals surface area contributed by atoms with Crippen LogP contribution >= 0.6 is 0 Å². The highest BCUT2D eigenvalue weighted by Crippen LogP contribution is 2.17. The summed E-state index contributed by atoms with van der Waals surface area (Å²) in [5, 5.41) is 23.6. The Morgan fingerprint density at radius 2 is 0.931 bits per heavy atom. The Hall–Kier alpha value is -2.96. The third-order valence-electron chi connectivity index (χ3n) is 10.4. The quantitative estimate of drug-likeness (QED) is 0.0325. The second-order valence-electron chi connectivity index (χ2n) is 15.9. The monoisotopic (exact) mass is 808 g/mol. The maximum atomic E-state index is 13.1. The zero-order valence-electron chi connectivity index (χ0n) is 37.6. The summed E-state index contributed by atoms with van der Waals surface area (Å²) in [6, 6.07) is -0.720. The van der Waals surface area contributed by atoms with E-state index in [0.717, 1.165) is 96.3 Å². The minimum absolute atomic E-state index is 0.0400. The van der Waals surface area contributed by atoms with Crippen molar-refractivity contribution in [2.75, 3.05) is 6.61 Å². The first-order valence-corrected chi connectivity index (χ1v) is 23.9. The molecule has 0 fully saturated rings. The number of allylic oxidation sites excluding steroid dienone is 14. The van der Waals surface area contributed by atoms with Gasteiger partial charge in [0.25, 0.3) is 0 Å². The van der Waals surface area contributed by atoms with Gasteiger partial charge in [-0.25, -0.2) is 0 Å². The van der Waals surface area contributed by atoms with Crippen LogP contribution in [0.4, 0.5) is 0 Å². The van der Waals surface area contributed by atoms with Crippen LogP contribution < -0.4 is 5.32 Å². The minimum atomic E-state index is -0.803. The number of esters is 1. The molecule has 0 rings (SSSR count). The van der Waals surface area contributed by atoms with Crippen molar-refractivity contribution in [2.24, 2.45) is 0 Å². The van der Waals surface area contributed by atoms with E-state index in [4.69, 9.17) is 4.74 Å². The number of nitrogens with one attached hydrogen (secondary N) is 1. The standard InChI is InChI=1S/C52H89NO5/c1-4-7-10-13-16-19-22-23-24-25-26-27-28-30-33-36-39-42-45-52(57)58-48(43-40-37-34-31-29-20-17-14-11-8-5-2)46-51(56)53-49(47-54)50(55)44-41-38-35-32-21-18-15-12-9-6-3/h8,11,14,16-17,19-20,22-27,29,48-50,54-55H,4-7,9-10,12-13,15,18,21,28,30-47H2,1-3H3,(H,53,56)/b11-8+,17-14+,19-16+,23-22+,25-24+,27-26+,29-20-. The fraction of sp³-hybridized carbons (Fsp3) is 0.692. The van der Waals surface area contributed by atoms with E-state index < -0.39 is 18.2 Å². The summed E-state index contributed by atoms with van der Waals surface area (Å²) >= 11 is 0. The molecule has 0 saturated carbocycles. The summed E-state index contributed by atoms with van der Waals surface area (Å²) < 4.78 is 5.88. The molecule has 332 valence electrons. The lowest BCUT2D eigenvalue weighted by Crippen LogP contribution is -2.46. The molecule has 0 spiro atoms. The van der Waals surface area contributed by atoms with Crippen LogP contribution in [-0.2, 0) is 14.3 Å². The van der Waals surface area contributed by atoms with Gasteiger partial charge in [0.2, 0.25) is 5.91 Å². The number of ether oxygens (including phenoxy) is 1. The molecule has 0 bridgehead atoms. The molecule has 0 aliphatic rings. The molecular weight excluding hydrogens is 719 g/mol. The van der Waals surface area contributed by atoms with E-state index in [2.05, 4.69) is 99.0 Å². The third-order valence-corrected chi connectivity index (χ3v) is 10.4. The molecule has 3 N–H and O–H groups in total. The molecule has 0 aromatic heterocycles. The molecule has 3 atom stereocenters. The highest BCUT2D eigenvalue weighted by atomic mass is 16.5. The molecule has 0 aliphatic carbocycles. The summed E-state index contributed by atoms with van der Waals surface area (Å²) in [6.07, 6.45) is 57.8. The van der Waals surface area contributed by atoms with Crippen LogP contribution in [0, 0.1) is 0 Å². The van der Waals surface area contributed by atoms with Gasteiger partial charge >= 0.3 is 5.97 Å². The molecule has 6 heteroatoms. The van der Waals surface area contributed by atoms with Gasteiger partial charge in [-0.15, -0.1) is 0 Å². The van der Waals surface area contributed by atoms with E-state index in [9.17, 15) is 19.8 Å². The first-order chi connectivity index (χ1) is 28.5. The third kappa shape index (κ3) is 39.8. The number of unbranched alkanes of at least 4 members (excludes halogenated alkanes) is 20. The van der Waals surface area contributed by atoms with Crippen LogP contribution in [0.3, 0.4) is 0 Å². The van der Waals surface area contributed by atoms with Gasteiger partial charge in [-0.05, 0) is 70.6 Å². The lowest BCUT2D eigenvalue weighted by atomic mass is 10.0.